The normalized spacial score (nSPS) is 13.3. The average molecular weight is 494 g/mol. The lowest BCUT2D eigenvalue weighted by Crippen LogP contribution is -2.31. The molecule has 0 radical (unpaired) electrons. The fourth-order valence-corrected chi connectivity index (χ4v) is 3.22. The van der Waals surface area contributed by atoms with Crippen molar-refractivity contribution in [1.82, 2.24) is 20.0 Å². The van der Waals surface area contributed by atoms with E-state index in [2.05, 4.69) is 36.7 Å². The maximum atomic E-state index is 15.1. The molecule has 1 fully saturated rings. The number of anilines is 2. The first-order valence-electron chi connectivity index (χ1n) is 9.47. The quantitative estimate of drug-likeness (QED) is 0.417. The van der Waals surface area contributed by atoms with Crippen molar-refractivity contribution in [3.05, 3.63) is 74.6 Å². The number of carbonyl (C=O) groups is 1. The van der Waals surface area contributed by atoms with E-state index in [1.54, 1.807) is 12.3 Å². The van der Waals surface area contributed by atoms with Crippen LogP contribution in [0, 0.1) is 17.6 Å². The van der Waals surface area contributed by atoms with Gasteiger partial charge in [0.05, 0.1) is 42.1 Å². The molecule has 1 saturated carbocycles. The molecule has 1 aromatic carbocycles. The van der Waals surface area contributed by atoms with Gasteiger partial charge >= 0.3 is 0 Å². The molecule has 4 rings (SSSR count). The van der Waals surface area contributed by atoms with Crippen LogP contribution < -0.4 is 16.4 Å². The van der Waals surface area contributed by atoms with E-state index < -0.39 is 28.8 Å². The van der Waals surface area contributed by atoms with Gasteiger partial charge in [0.1, 0.15) is 5.82 Å². The van der Waals surface area contributed by atoms with Gasteiger partial charge in [-0.15, -0.1) is 0 Å². The van der Waals surface area contributed by atoms with Crippen molar-refractivity contribution in [3.63, 3.8) is 0 Å². The van der Waals surface area contributed by atoms with Gasteiger partial charge in [-0.1, -0.05) is 15.9 Å². The summed E-state index contributed by atoms with van der Waals surface area (Å²) in [5, 5.41) is 2.53. The zero-order valence-corrected chi connectivity index (χ0v) is 17.7. The molecule has 0 atom stereocenters. The highest BCUT2D eigenvalue weighted by molar-refractivity contribution is 9.10. The van der Waals surface area contributed by atoms with E-state index in [-0.39, 0.29) is 17.8 Å². The number of benzene rings is 1. The van der Waals surface area contributed by atoms with Gasteiger partial charge < -0.3 is 14.9 Å². The second-order valence-electron chi connectivity index (χ2n) is 7.16. The molecule has 3 aromatic rings. The Morgan fingerprint density at radius 1 is 1.35 bits per heavy atom. The van der Waals surface area contributed by atoms with E-state index in [9.17, 15) is 14.0 Å². The molecule has 0 bridgehead atoms. The number of nitrogens with one attached hydrogen (secondary N) is 3. The van der Waals surface area contributed by atoms with Crippen LogP contribution in [-0.4, -0.2) is 27.0 Å². The smallest absolute Gasteiger partial charge is 0.289 e. The van der Waals surface area contributed by atoms with Crippen LogP contribution in [0.4, 0.5) is 20.2 Å². The molecule has 0 spiro atoms. The van der Waals surface area contributed by atoms with Gasteiger partial charge in [-0.25, -0.2) is 14.9 Å². The van der Waals surface area contributed by atoms with Crippen LogP contribution in [0.25, 0.3) is 0 Å². The monoisotopic (exact) mass is 493 g/mol. The van der Waals surface area contributed by atoms with Gasteiger partial charge in [0.15, 0.2) is 0 Å². The first-order valence-corrected chi connectivity index (χ1v) is 10.3. The number of aromatic nitrogens is 3. The number of halogens is 3. The van der Waals surface area contributed by atoms with Crippen LogP contribution in [0.5, 0.6) is 0 Å². The molecule has 162 valence electrons. The molecule has 2 aromatic heterocycles. The molecule has 0 saturated heterocycles. The standard InChI is InChI=1S/C20H18BrF2N5O3/c21-12-3-4-16(15(22)5-12)26-18-14(19(29)27-31-9-11-1-2-11)8-28(20(30)17(18)23)7-13-6-24-10-25-13/h3-6,8,10-11,26H,1-2,7,9H2,(H,24,25)(H,27,29). The molecule has 1 aliphatic carbocycles. The lowest BCUT2D eigenvalue weighted by atomic mass is 10.2. The predicted molar refractivity (Wildman–Crippen MR) is 112 cm³/mol. The Morgan fingerprint density at radius 2 is 2.16 bits per heavy atom. The van der Waals surface area contributed by atoms with Gasteiger partial charge in [-0.2, -0.15) is 4.39 Å². The number of nitrogens with zero attached hydrogens (tertiary/aromatic N) is 2. The van der Waals surface area contributed by atoms with E-state index in [0.29, 0.717) is 22.7 Å². The number of rotatable bonds is 8. The summed E-state index contributed by atoms with van der Waals surface area (Å²) in [5.74, 6) is -2.30. The lowest BCUT2D eigenvalue weighted by molar-refractivity contribution is 0.0270. The minimum absolute atomic E-state index is 0.0601. The highest BCUT2D eigenvalue weighted by Crippen LogP contribution is 2.29. The van der Waals surface area contributed by atoms with E-state index >= 15 is 4.39 Å². The van der Waals surface area contributed by atoms with Gasteiger partial charge in [-0.3, -0.25) is 14.4 Å². The molecule has 1 amide bonds. The van der Waals surface area contributed by atoms with Crippen LogP contribution in [-0.2, 0) is 11.4 Å². The SMILES string of the molecule is O=C(NOCC1CC1)c1cn(Cc2c[nH]cn2)c(=O)c(F)c1Nc1ccc(Br)cc1F. The van der Waals surface area contributed by atoms with Gasteiger partial charge in [0.25, 0.3) is 11.5 Å². The maximum Gasteiger partial charge on any atom is 0.289 e. The van der Waals surface area contributed by atoms with Crippen molar-refractivity contribution in [3.8, 4) is 0 Å². The number of amides is 1. The highest BCUT2D eigenvalue weighted by Gasteiger charge is 2.25. The van der Waals surface area contributed by atoms with E-state index in [0.717, 1.165) is 17.4 Å². The molecular formula is C20H18BrF2N5O3. The summed E-state index contributed by atoms with van der Waals surface area (Å²) < 4.78 is 30.9. The van der Waals surface area contributed by atoms with Crippen molar-refractivity contribution in [1.29, 1.82) is 0 Å². The summed E-state index contributed by atoms with van der Waals surface area (Å²) in [4.78, 5) is 37.3. The van der Waals surface area contributed by atoms with Gasteiger partial charge in [0.2, 0.25) is 5.82 Å². The topological polar surface area (TPSA) is 101 Å². The van der Waals surface area contributed by atoms with Crippen LogP contribution >= 0.6 is 15.9 Å². The Morgan fingerprint density at radius 3 is 2.84 bits per heavy atom. The summed E-state index contributed by atoms with van der Waals surface area (Å²) in [7, 11) is 0. The van der Waals surface area contributed by atoms with E-state index in [1.165, 1.54) is 24.7 Å². The molecule has 0 unspecified atom stereocenters. The second kappa shape index (κ2) is 8.98. The number of hydrogen-bond donors (Lipinski definition) is 3. The molecule has 3 N–H and O–H groups in total. The average Bonchev–Trinajstić information content (AvgIpc) is 3.42. The van der Waals surface area contributed by atoms with Crippen molar-refractivity contribution in [2.45, 2.75) is 19.4 Å². The van der Waals surface area contributed by atoms with Gasteiger partial charge in [-0.05, 0) is 37.0 Å². The number of imidazole rings is 1. The third kappa shape index (κ3) is 5.00. The van der Waals surface area contributed by atoms with Gasteiger partial charge in [0, 0.05) is 16.9 Å². The van der Waals surface area contributed by atoms with Crippen molar-refractivity contribution < 1.29 is 18.4 Å². The van der Waals surface area contributed by atoms with Crippen molar-refractivity contribution in [2.24, 2.45) is 5.92 Å². The third-order valence-electron chi connectivity index (χ3n) is 4.73. The predicted octanol–water partition coefficient (Wildman–Crippen LogP) is 3.48. The molecule has 8 nitrogen and oxygen atoms in total. The van der Waals surface area contributed by atoms with E-state index in [4.69, 9.17) is 4.84 Å². The molecule has 0 aliphatic heterocycles. The van der Waals surface area contributed by atoms with Crippen LogP contribution in [0.15, 0.2) is 46.2 Å². The zero-order chi connectivity index (χ0) is 22.0. The molecular weight excluding hydrogens is 476 g/mol. The van der Waals surface area contributed by atoms with Crippen LogP contribution in [0.1, 0.15) is 28.9 Å². The fourth-order valence-electron chi connectivity index (χ4n) is 2.88. The number of pyridine rings is 1. The van der Waals surface area contributed by atoms with E-state index in [1.807, 2.05) is 0 Å². The molecule has 31 heavy (non-hydrogen) atoms. The number of carbonyl (C=O) groups excluding carboxylic acids is 1. The summed E-state index contributed by atoms with van der Waals surface area (Å²) in [6.45, 7) is 0.278. The van der Waals surface area contributed by atoms with Crippen molar-refractivity contribution >= 4 is 33.2 Å². The van der Waals surface area contributed by atoms with Crippen molar-refractivity contribution in [2.75, 3.05) is 11.9 Å². The summed E-state index contributed by atoms with van der Waals surface area (Å²) in [5.41, 5.74) is 0.990. The Bertz CT molecular complexity index is 1160. The molecule has 11 heteroatoms. The fraction of sp³-hybridized carbons (Fsp3) is 0.250. The number of hydrogen-bond acceptors (Lipinski definition) is 5. The number of H-pyrrole nitrogens is 1. The molecule has 1 aliphatic rings. The maximum absolute atomic E-state index is 15.1. The molecule has 2 heterocycles. The highest BCUT2D eigenvalue weighted by atomic mass is 79.9. The summed E-state index contributed by atoms with van der Waals surface area (Å²) in [6.07, 6.45) is 6.20. The minimum Gasteiger partial charge on any atom is -0.351 e. The number of aromatic amines is 1. The van der Waals surface area contributed by atoms with Crippen LogP contribution in [0.3, 0.4) is 0 Å². The summed E-state index contributed by atoms with van der Waals surface area (Å²) in [6, 6.07) is 4.08. The lowest BCUT2D eigenvalue weighted by Gasteiger charge is -2.16. The summed E-state index contributed by atoms with van der Waals surface area (Å²) >= 11 is 3.14. The second-order valence-corrected chi connectivity index (χ2v) is 8.08. The first kappa shape index (κ1) is 21.2. The van der Waals surface area contributed by atoms with Crippen LogP contribution in [0.2, 0.25) is 0 Å². The largest absolute Gasteiger partial charge is 0.351 e. The third-order valence-corrected chi connectivity index (χ3v) is 5.22. The Kier molecular flexibility index (Phi) is 6.14. The minimum atomic E-state index is -1.23. The zero-order valence-electron chi connectivity index (χ0n) is 16.1. The Hall–Kier alpha value is -3.05. The first-order chi connectivity index (χ1) is 14.9. The number of hydroxylamine groups is 1. The Balaban J connectivity index is 1.70. The Labute approximate surface area is 183 Å².